The Morgan fingerprint density at radius 3 is 1.97 bits per heavy atom. The fourth-order valence-electron chi connectivity index (χ4n) is 5.49. The van der Waals surface area contributed by atoms with Crippen molar-refractivity contribution < 1.29 is 13.2 Å². The Morgan fingerprint density at radius 2 is 1.43 bits per heavy atom. The van der Waals surface area contributed by atoms with Crippen LogP contribution in [0.2, 0.25) is 0 Å². The molecule has 0 N–H and O–H groups in total. The maximum Gasteiger partial charge on any atom is 0.253 e. The van der Waals surface area contributed by atoms with Gasteiger partial charge in [0.25, 0.3) is 5.91 Å². The molecule has 1 atom stereocenters. The van der Waals surface area contributed by atoms with E-state index in [1.54, 1.807) is 12.1 Å². The second kappa shape index (κ2) is 9.47. The summed E-state index contributed by atoms with van der Waals surface area (Å²) in [6.07, 6.45) is 1.85. The molecule has 2 aliphatic heterocycles. The predicted octanol–water partition coefficient (Wildman–Crippen LogP) is 3.94. The molecule has 7 heteroatoms. The molecule has 1 fully saturated rings. The predicted molar refractivity (Wildman–Crippen MR) is 139 cm³/mol. The van der Waals surface area contributed by atoms with Gasteiger partial charge in [-0.05, 0) is 48.2 Å². The fraction of sp³-hybridized carbons (Fsp3) is 0.321. The van der Waals surface area contributed by atoms with Crippen LogP contribution < -0.4 is 4.31 Å². The standard InChI is InChI=1S/C28H31N3O3S/c1-21-19-25-20-24(13-14-26(25)31(21)35(2,33)34)28(32)30-17-15-29(16-18-30)27(22-9-5-3-6-10-22)23-11-7-4-8-12-23/h3-14,20-21,27H,15-19H2,1-2H3/t21-/m0/s1. The zero-order valence-electron chi connectivity index (χ0n) is 20.2. The Hall–Kier alpha value is -3.16. The number of nitrogens with zero attached hydrogens (tertiary/aromatic N) is 3. The summed E-state index contributed by atoms with van der Waals surface area (Å²) in [7, 11) is -3.35. The summed E-state index contributed by atoms with van der Waals surface area (Å²) in [6.45, 7) is 4.77. The Labute approximate surface area is 207 Å². The molecule has 0 bridgehead atoms. The molecule has 0 radical (unpaired) electrons. The van der Waals surface area contributed by atoms with E-state index >= 15 is 0 Å². The van der Waals surface area contributed by atoms with Crippen molar-refractivity contribution in [1.82, 2.24) is 9.80 Å². The van der Waals surface area contributed by atoms with Gasteiger partial charge in [-0.15, -0.1) is 0 Å². The lowest BCUT2D eigenvalue weighted by molar-refractivity contribution is 0.0597. The highest BCUT2D eigenvalue weighted by Crippen LogP contribution is 2.35. The number of piperazine rings is 1. The molecule has 182 valence electrons. The van der Waals surface area contributed by atoms with Gasteiger partial charge < -0.3 is 4.90 Å². The molecule has 2 heterocycles. The van der Waals surface area contributed by atoms with Crippen molar-refractivity contribution >= 4 is 21.6 Å². The van der Waals surface area contributed by atoms with E-state index in [0.29, 0.717) is 30.8 Å². The molecule has 6 nitrogen and oxygen atoms in total. The molecular weight excluding hydrogens is 458 g/mol. The molecule has 3 aromatic carbocycles. The summed E-state index contributed by atoms with van der Waals surface area (Å²) in [5.41, 5.74) is 4.74. The quantitative estimate of drug-likeness (QED) is 0.545. The number of amides is 1. The number of hydrogen-bond acceptors (Lipinski definition) is 4. The third-order valence-corrected chi connectivity index (χ3v) is 8.31. The Kier molecular flexibility index (Phi) is 6.38. The first-order valence-electron chi connectivity index (χ1n) is 12.1. The first-order valence-corrected chi connectivity index (χ1v) is 13.9. The highest BCUT2D eigenvalue weighted by atomic mass is 32.2. The summed E-state index contributed by atoms with van der Waals surface area (Å²) in [5.74, 6) is 0.00822. The number of sulfonamides is 1. The van der Waals surface area contributed by atoms with Gasteiger partial charge in [-0.3, -0.25) is 14.0 Å². The molecule has 0 aliphatic carbocycles. The van der Waals surface area contributed by atoms with Gasteiger partial charge in [0.1, 0.15) is 0 Å². The van der Waals surface area contributed by atoms with Crippen LogP contribution in [0.15, 0.2) is 78.9 Å². The average Bonchev–Trinajstić information content (AvgIpc) is 3.21. The van der Waals surface area contributed by atoms with Crippen molar-refractivity contribution in [3.05, 3.63) is 101 Å². The van der Waals surface area contributed by atoms with Gasteiger partial charge in [-0.2, -0.15) is 0 Å². The second-order valence-corrected chi connectivity index (χ2v) is 11.4. The zero-order valence-corrected chi connectivity index (χ0v) is 21.0. The Morgan fingerprint density at radius 1 is 0.857 bits per heavy atom. The van der Waals surface area contributed by atoms with E-state index in [2.05, 4.69) is 53.4 Å². The molecule has 1 saturated heterocycles. The molecule has 35 heavy (non-hydrogen) atoms. The second-order valence-electron chi connectivity index (χ2n) is 9.51. The van der Waals surface area contributed by atoms with E-state index in [0.717, 1.165) is 18.7 Å². The van der Waals surface area contributed by atoms with Gasteiger partial charge in [-0.1, -0.05) is 60.7 Å². The van der Waals surface area contributed by atoms with Crippen molar-refractivity contribution in [3.8, 4) is 0 Å². The summed E-state index contributed by atoms with van der Waals surface area (Å²) in [5, 5.41) is 0. The number of benzene rings is 3. The average molecular weight is 490 g/mol. The zero-order chi connectivity index (χ0) is 24.6. The van der Waals surface area contributed by atoms with Crippen LogP contribution in [0.3, 0.4) is 0 Å². The van der Waals surface area contributed by atoms with Crippen molar-refractivity contribution in [2.75, 3.05) is 36.7 Å². The SMILES string of the molecule is C[C@H]1Cc2cc(C(=O)N3CCN(C(c4ccccc4)c4ccccc4)CC3)ccc2N1S(C)(=O)=O. The largest absolute Gasteiger partial charge is 0.336 e. The van der Waals surface area contributed by atoms with E-state index in [-0.39, 0.29) is 18.0 Å². The molecular formula is C28H31N3O3S. The molecule has 3 aromatic rings. The van der Waals surface area contributed by atoms with Crippen LogP contribution in [0.4, 0.5) is 5.69 Å². The van der Waals surface area contributed by atoms with Crippen LogP contribution in [0.25, 0.3) is 0 Å². The van der Waals surface area contributed by atoms with E-state index in [1.807, 2.05) is 30.0 Å². The molecule has 0 aromatic heterocycles. The number of rotatable bonds is 5. The lowest BCUT2D eigenvalue weighted by atomic mass is 9.96. The van der Waals surface area contributed by atoms with Crippen molar-refractivity contribution in [2.24, 2.45) is 0 Å². The normalized spacial score (nSPS) is 18.7. The lowest BCUT2D eigenvalue weighted by Crippen LogP contribution is -2.49. The highest BCUT2D eigenvalue weighted by molar-refractivity contribution is 7.92. The van der Waals surface area contributed by atoms with Gasteiger partial charge >= 0.3 is 0 Å². The van der Waals surface area contributed by atoms with E-state index in [4.69, 9.17) is 0 Å². The topological polar surface area (TPSA) is 60.9 Å². The Balaban J connectivity index is 1.32. The minimum Gasteiger partial charge on any atom is -0.336 e. The number of hydrogen-bond donors (Lipinski definition) is 0. The number of carbonyl (C=O) groups is 1. The van der Waals surface area contributed by atoms with Crippen molar-refractivity contribution in [3.63, 3.8) is 0 Å². The third-order valence-electron chi connectivity index (χ3n) is 7.03. The van der Waals surface area contributed by atoms with Gasteiger partial charge in [0, 0.05) is 37.8 Å². The van der Waals surface area contributed by atoms with Crippen LogP contribution in [-0.2, 0) is 16.4 Å². The molecule has 0 spiro atoms. The van der Waals surface area contributed by atoms with Crippen LogP contribution in [0.1, 0.15) is 40.0 Å². The first kappa shape index (κ1) is 23.6. The van der Waals surface area contributed by atoms with Crippen LogP contribution >= 0.6 is 0 Å². The highest BCUT2D eigenvalue weighted by Gasteiger charge is 2.34. The van der Waals surface area contributed by atoms with Gasteiger partial charge in [0.15, 0.2) is 0 Å². The summed E-state index contributed by atoms with van der Waals surface area (Å²) in [6, 6.07) is 26.5. The van der Waals surface area contributed by atoms with Gasteiger partial charge in [0.2, 0.25) is 10.0 Å². The monoisotopic (exact) mass is 489 g/mol. The summed E-state index contributed by atoms with van der Waals surface area (Å²) < 4.78 is 25.9. The van der Waals surface area contributed by atoms with Crippen LogP contribution in [0, 0.1) is 0 Å². The smallest absolute Gasteiger partial charge is 0.253 e. The number of fused-ring (bicyclic) bond motifs is 1. The van der Waals surface area contributed by atoms with Crippen molar-refractivity contribution in [2.45, 2.75) is 25.4 Å². The van der Waals surface area contributed by atoms with E-state index in [9.17, 15) is 13.2 Å². The molecule has 2 aliphatic rings. The van der Waals surface area contributed by atoms with Crippen LogP contribution in [-0.4, -0.2) is 62.6 Å². The van der Waals surface area contributed by atoms with E-state index < -0.39 is 10.0 Å². The van der Waals surface area contributed by atoms with Gasteiger partial charge in [0.05, 0.1) is 18.0 Å². The summed E-state index contributed by atoms with van der Waals surface area (Å²) in [4.78, 5) is 17.7. The summed E-state index contributed by atoms with van der Waals surface area (Å²) >= 11 is 0. The van der Waals surface area contributed by atoms with Crippen molar-refractivity contribution in [1.29, 1.82) is 0 Å². The Bertz CT molecular complexity index is 1260. The third kappa shape index (κ3) is 4.70. The van der Waals surface area contributed by atoms with E-state index in [1.165, 1.54) is 21.7 Å². The first-order chi connectivity index (χ1) is 16.8. The number of anilines is 1. The molecule has 1 amide bonds. The molecule has 0 saturated carbocycles. The van der Waals surface area contributed by atoms with Crippen LogP contribution in [0.5, 0.6) is 0 Å². The molecule has 5 rings (SSSR count). The molecule has 0 unspecified atom stereocenters. The minimum absolute atomic E-state index is 0.00822. The minimum atomic E-state index is -3.35. The fourth-order valence-corrected chi connectivity index (χ4v) is 6.76. The van der Waals surface area contributed by atoms with Gasteiger partial charge in [-0.25, -0.2) is 8.42 Å². The lowest BCUT2D eigenvalue weighted by Gasteiger charge is -2.40. The maximum atomic E-state index is 13.4. The number of carbonyl (C=O) groups excluding carboxylic acids is 1. The maximum absolute atomic E-state index is 13.4.